The Bertz CT molecular complexity index is 431. The fourth-order valence-corrected chi connectivity index (χ4v) is 3.47. The van der Waals surface area contributed by atoms with Gasteiger partial charge < -0.3 is 26.0 Å². The first-order chi connectivity index (χ1) is 16.4. The van der Waals surface area contributed by atoms with Gasteiger partial charge in [-0.3, -0.25) is 9.59 Å². The first-order valence-electron chi connectivity index (χ1n) is 13.9. The van der Waals surface area contributed by atoms with Gasteiger partial charge in [0.1, 0.15) is 0 Å². The summed E-state index contributed by atoms with van der Waals surface area (Å²) >= 11 is 0. The van der Waals surface area contributed by atoms with Gasteiger partial charge in [0, 0.05) is 32.5 Å². The van der Waals surface area contributed by atoms with Crippen molar-refractivity contribution in [3.63, 3.8) is 0 Å². The van der Waals surface area contributed by atoms with Crippen LogP contribution >= 0.6 is 0 Å². The lowest BCUT2D eigenvalue weighted by Crippen LogP contribution is -2.26. The van der Waals surface area contributed by atoms with Crippen molar-refractivity contribution in [3.05, 3.63) is 0 Å². The standard InChI is InChI=1S/C27H56N4O3/c1-24(2)22-28-16-9-5-7-11-18-30-26(32)14-13-20-34-21-15-27(33)31-19-12-8-6-10-17-29-23-25(3)4/h24-25,28-29H,5-23H2,1-4H3,(H,30,32)(H,31,33). The molecule has 0 saturated carbocycles. The third kappa shape index (κ3) is 27.1. The van der Waals surface area contributed by atoms with Gasteiger partial charge in [-0.25, -0.2) is 0 Å². The largest absolute Gasteiger partial charge is 0.381 e. The van der Waals surface area contributed by atoms with Gasteiger partial charge >= 0.3 is 0 Å². The minimum atomic E-state index is 0.0482. The molecular formula is C27H56N4O3. The monoisotopic (exact) mass is 484 g/mol. The Kier molecular flexibility index (Phi) is 24.1. The lowest BCUT2D eigenvalue weighted by atomic mass is 10.2. The molecule has 0 aromatic heterocycles. The second-order valence-electron chi connectivity index (χ2n) is 10.2. The molecule has 0 fully saturated rings. The summed E-state index contributed by atoms with van der Waals surface area (Å²) in [6, 6.07) is 0. The molecule has 2 amide bonds. The second kappa shape index (κ2) is 24.9. The second-order valence-corrected chi connectivity index (χ2v) is 10.2. The van der Waals surface area contributed by atoms with Gasteiger partial charge in [-0.1, -0.05) is 53.4 Å². The van der Waals surface area contributed by atoms with Crippen LogP contribution in [0.4, 0.5) is 0 Å². The van der Waals surface area contributed by atoms with E-state index in [0.717, 1.165) is 65.0 Å². The Morgan fingerprint density at radius 1 is 0.559 bits per heavy atom. The molecule has 0 atom stereocenters. The predicted molar refractivity (Wildman–Crippen MR) is 143 cm³/mol. The first-order valence-corrected chi connectivity index (χ1v) is 13.9. The molecule has 0 aromatic carbocycles. The lowest BCUT2D eigenvalue weighted by Gasteiger charge is -2.08. The molecule has 0 saturated heterocycles. The van der Waals surface area contributed by atoms with E-state index in [1.54, 1.807) is 0 Å². The molecule has 202 valence electrons. The minimum Gasteiger partial charge on any atom is -0.381 e. The Balaban J connectivity index is 3.30. The molecule has 34 heavy (non-hydrogen) atoms. The molecule has 0 unspecified atom stereocenters. The normalized spacial score (nSPS) is 11.4. The van der Waals surface area contributed by atoms with E-state index in [1.165, 1.54) is 25.7 Å². The van der Waals surface area contributed by atoms with Crippen molar-refractivity contribution in [1.82, 2.24) is 21.3 Å². The van der Waals surface area contributed by atoms with Gasteiger partial charge in [0.25, 0.3) is 0 Å². The molecule has 7 nitrogen and oxygen atoms in total. The van der Waals surface area contributed by atoms with Crippen molar-refractivity contribution in [2.75, 3.05) is 52.5 Å². The van der Waals surface area contributed by atoms with Crippen LogP contribution in [0.1, 0.15) is 98.3 Å². The Morgan fingerprint density at radius 2 is 1.00 bits per heavy atom. The van der Waals surface area contributed by atoms with Gasteiger partial charge in [0.05, 0.1) is 6.61 Å². The van der Waals surface area contributed by atoms with E-state index in [0.29, 0.717) is 44.3 Å². The maximum Gasteiger partial charge on any atom is 0.222 e. The summed E-state index contributed by atoms with van der Waals surface area (Å²) in [7, 11) is 0. The van der Waals surface area contributed by atoms with E-state index in [9.17, 15) is 9.59 Å². The van der Waals surface area contributed by atoms with Gasteiger partial charge in [-0.2, -0.15) is 0 Å². The lowest BCUT2D eigenvalue weighted by molar-refractivity contribution is -0.123. The quantitative estimate of drug-likeness (QED) is 0.147. The van der Waals surface area contributed by atoms with Gasteiger partial charge in [-0.15, -0.1) is 0 Å². The molecular weight excluding hydrogens is 428 g/mol. The maximum atomic E-state index is 11.8. The Morgan fingerprint density at radius 3 is 1.47 bits per heavy atom. The summed E-state index contributed by atoms with van der Waals surface area (Å²) in [6.45, 7) is 15.7. The van der Waals surface area contributed by atoms with E-state index in [-0.39, 0.29) is 11.8 Å². The SMILES string of the molecule is CC(C)CNCCCCCCNC(=O)CCCOCCC(=O)NCCCCCCNCC(C)C. The van der Waals surface area contributed by atoms with Crippen molar-refractivity contribution in [1.29, 1.82) is 0 Å². The third-order valence-corrected chi connectivity index (χ3v) is 5.48. The summed E-state index contributed by atoms with van der Waals surface area (Å²) in [4.78, 5) is 23.7. The number of ether oxygens (including phenoxy) is 1. The summed E-state index contributed by atoms with van der Waals surface area (Å²) in [5.41, 5.74) is 0. The summed E-state index contributed by atoms with van der Waals surface area (Å²) in [5, 5.41) is 12.8. The smallest absolute Gasteiger partial charge is 0.222 e. The fourth-order valence-electron chi connectivity index (χ4n) is 3.47. The molecule has 0 radical (unpaired) electrons. The molecule has 0 aliphatic carbocycles. The van der Waals surface area contributed by atoms with Crippen LogP contribution in [0.3, 0.4) is 0 Å². The molecule has 0 spiro atoms. The van der Waals surface area contributed by atoms with Crippen LogP contribution in [0.2, 0.25) is 0 Å². The maximum absolute atomic E-state index is 11.8. The molecule has 0 rings (SSSR count). The highest BCUT2D eigenvalue weighted by Crippen LogP contribution is 2.00. The topological polar surface area (TPSA) is 91.5 Å². The number of carbonyl (C=O) groups is 2. The van der Waals surface area contributed by atoms with Gasteiger partial charge in [0.15, 0.2) is 0 Å². The van der Waals surface area contributed by atoms with Crippen LogP contribution in [0, 0.1) is 11.8 Å². The molecule has 0 aliphatic rings. The van der Waals surface area contributed by atoms with Crippen LogP contribution in [0.25, 0.3) is 0 Å². The Hall–Kier alpha value is -1.18. The molecule has 0 heterocycles. The van der Waals surface area contributed by atoms with Crippen molar-refractivity contribution >= 4 is 11.8 Å². The molecule has 0 aliphatic heterocycles. The number of amides is 2. The summed E-state index contributed by atoms with van der Waals surface area (Å²) < 4.78 is 5.50. The average Bonchev–Trinajstić information content (AvgIpc) is 2.78. The van der Waals surface area contributed by atoms with E-state index in [1.807, 2.05) is 0 Å². The fraction of sp³-hybridized carbons (Fsp3) is 0.926. The molecule has 0 aromatic rings. The summed E-state index contributed by atoms with van der Waals surface area (Å²) in [6.07, 6.45) is 10.8. The zero-order valence-electron chi connectivity index (χ0n) is 22.8. The van der Waals surface area contributed by atoms with Crippen LogP contribution in [0.5, 0.6) is 0 Å². The van der Waals surface area contributed by atoms with E-state index >= 15 is 0 Å². The van der Waals surface area contributed by atoms with Crippen LogP contribution in [-0.4, -0.2) is 64.3 Å². The van der Waals surface area contributed by atoms with Crippen molar-refractivity contribution in [3.8, 4) is 0 Å². The number of hydrogen-bond donors (Lipinski definition) is 4. The molecule has 4 N–H and O–H groups in total. The van der Waals surface area contributed by atoms with Gasteiger partial charge in [0.2, 0.25) is 11.8 Å². The number of carbonyl (C=O) groups excluding carboxylic acids is 2. The average molecular weight is 485 g/mol. The van der Waals surface area contributed by atoms with E-state index < -0.39 is 0 Å². The zero-order chi connectivity index (χ0) is 25.3. The minimum absolute atomic E-state index is 0.0482. The highest BCUT2D eigenvalue weighted by atomic mass is 16.5. The molecule has 0 bridgehead atoms. The number of unbranched alkanes of at least 4 members (excludes halogenated alkanes) is 6. The van der Waals surface area contributed by atoms with Gasteiger partial charge in [-0.05, 0) is 70.1 Å². The van der Waals surface area contributed by atoms with E-state index in [2.05, 4.69) is 49.0 Å². The van der Waals surface area contributed by atoms with Crippen molar-refractivity contribution in [2.24, 2.45) is 11.8 Å². The zero-order valence-corrected chi connectivity index (χ0v) is 22.8. The number of rotatable bonds is 25. The Labute approximate surface area is 210 Å². The number of hydrogen-bond acceptors (Lipinski definition) is 5. The van der Waals surface area contributed by atoms with Crippen molar-refractivity contribution < 1.29 is 14.3 Å². The van der Waals surface area contributed by atoms with Crippen molar-refractivity contribution in [2.45, 2.75) is 98.3 Å². The van der Waals surface area contributed by atoms with Crippen LogP contribution in [-0.2, 0) is 14.3 Å². The summed E-state index contributed by atoms with van der Waals surface area (Å²) in [5.74, 6) is 1.55. The predicted octanol–water partition coefficient (Wildman–Crippen LogP) is 4.02. The van der Waals surface area contributed by atoms with Crippen LogP contribution < -0.4 is 21.3 Å². The third-order valence-electron chi connectivity index (χ3n) is 5.48. The van der Waals surface area contributed by atoms with Crippen LogP contribution in [0.15, 0.2) is 0 Å². The molecule has 7 heteroatoms. The van der Waals surface area contributed by atoms with E-state index in [4.69, 9.17) is 4.74 Å². The highest BCUT2D eigenvalue weighted by molar-refractivity contribution is 5.76. The number of nitrogens with one attached hydrogen (secondary N) is 4. The first kappa shape index (κ1) is 32.8. The highest BCUT2D eigenvalue weighted by Gasteiger charge is 2.03.